The molecular formula is C9H8ClNO2S2. The Hall–Kier alpha value is -0.520. The van der Waals surface area contributed by atoms with Crippen LogP contribution in [0.2, 0.25) is 0 Å². The van der Waals surface area contributed by atoms with E-state index in [0.717, 1.165) is 5.56 Å². The molecule has 0 N–H and O–H groups in total. The molecule has 1 aromatic carbocycles. The van der Waals surface area contributed by atoms with Crippen molar-refractivity contribution in [1.82, 2.24) is 0 Å². The topological polar surface area (TPSA) is 46.5 Å². The monoisotopic (exact) mass is 261 g/mol. The van der Waals surface area contributed by atoms with Gasteiger partial charge in [-0.1, -0.05) is 53.7 Å². The normalized spacial score (nSPS) is 24.6. The minimum Gasteiger partial charge on any atom is -0.205 e. The van der Waals surface area contributed by atoms with Crippen LogP contribution in [0.25, 0.3) is 0 Å². The van der Waals surface area contributed by atoms with Crippen LogP contribution in [0.4, 0.5) is 0 Å². The van der Waals surface area contributed by atoms with Gasteiger partial charge < -0.3 is 0 Å². The molecule has 0 fully saturated rings. The summed E-state index contributed by atoms with van der Waals surface area (Å²) in [6, 6.07) is 9.43. The number of sulfonamides is 1. The van der Waals surface area contributed by atoms with E-state index >= 15 is 0 Å². The summed E-state index contributed by atoms with van der Waals surface area (Å²) in [6.07, 6.45) is 0. The summed E-state index contributed by atoms with van der Waals surface area (Å²) in [7, 11) is -3.39. The van der Waals surface area contributed by atoms with Crippen LogP contribution in [0.5, 0.6) is 0 Å². The van der Waals surface area contributed by atoms with E-state index in [0.29, 0.717) is 0 Å². The molecule has 1 unspecified atom stereocenters. The summed E-state index contributed by atoms with van der Waals surface area (Å²) in [5, 5.41) is -0.152. The number of benzene rings is 1. The Labute approximate surface area is 97.6 Å². The summed E-state index contributed by atoms with van der Waals surface area (Å²) in [6.45, 7) is 0. The van der Waals surface area contributed by atoms with Gasteiger partial charge in [-0.25, -0.2) is 8.42 Å². The highest BCUT2D eigenvalue weighted by atomic mass is 35.5. The molecule has 0 saturated carbocycles. The average molecular weight is 262 g/mol. The Balaban J connectivity index is 2.32. The molecule has 0 saturated heterocycles. The maximum atomic E-state index is 11.4. The van der Waals surface area contributed by atoms with E-state index < -0.39 is 10.0 Å². The molecule has 2 rings (SSSR count). The highest BCUT2D eigenvalue weighted by Crippen LogP contribution is 2.36. The lowest BCUT2D eigenvalue weighted by atomic mass is 10.2. The molecule has 1 aromatic rings. The van der Waals surface area contributed by atoms with E-state index in [1.165, 1.54) is 11.8 Å². The van der Waals surface area contributed by atoms with Gasteiger partial charge in [0, 0.05) is 0 Å². The number of thioether (sulfide) groups is 1. The van der Waals surface area contributed by atoms with Crippen LogP contribution in [0.3, 0.4) is 0 Å². The molecule has 1 aliphatic heterocycles. The lowest BCUT2D eigenvalue weighted by Gasteiger charge is -2.18. The predicted molar refractivity (Wildman–Crippen MR) is 63.8 cm³/mol. The number of hydrogen-bond donors (Lipinski definition) is 0. The summed E-state index contributed by atoms with van der Waals surface area (Å²) in [5.74, 6) is 0.0118. The molecule has 0 spiro atoms. The summed E-state index contributed by atoms with van der Waals surface area (Å²) in [5.41, 5.74) is 0.958. The molecule has 80 valence electrons. The third-order valence-electron chi connectivity index (χ3n) is 1.98. The quantitative estimate of drug-likeness (QED) is 0.780. The van der Waals surface area contributed by atoms with Gasteiger partial charge in [0.15, 0.2) is 4.50 Å². The highest BCUT2D eigenvalue weighted by molar-refractivity contribution is 8.18. The van der Waals surface area contributed by atoms with Crippen molar-refractivity contribution in [2.75, 3.05) is 5.75 Å². The van der Waals surface area contributed by atoms with Gasteiger partial charge in [0.25, 0.3) is 10.0 Å². The number of hydrogen-bond acceptors (Lipinski definition) is 3. The Bertz CT molecular complexity index is 484. The number of halogens is 1. The minimum absolute atomic E-state index is 0.0118. The standard InChI is InChI=1S/C9H8ClNO2S2/c10-9-11-15(12,13)6-8(14-9)7-4-2-1-3-5-7/h1-5,8H,6H2. The van der Waals surface area contributed by atoms with Crippen molar-refractivity contribution in [3.05, 3.63) is 35.9 Å². The fraction of sp³-hybridized carbons (Fsp3) is 0.222. The van der Waals surface area contributed by atoms with Crippen LogP contribution in [0.1, 0.15) is 10.8 Å². The summed E-state index contributed by atoms with van der Waals surface area (Å²) in [4.78, 5) is 0. The molecule has 0 radical (unpaired) electrons. The first-order valence-corrected chi connectivity index (χ1v) is 7.13. The van der Waals surface area contributed by atoms with Crippen molar-refractivity contribution < 1.29 is 8.42 Å². The molecule has 0 aliphatic carbocycles. The van der Waals surface area contributed by atoms with Gasteiger partial charge in [-0.05, 0) is 5.56 Å². The van der Waals surface area contributed by atoms with Crippen molar-refractivity contribution in [1.29, 1.82) is 0 Å². The van der Waals surface area contributed by atoms with Gasteiger partial charge in [0.05, 0.1) is 11.0 Å². The molecule has 0 amide bonds. The number of nitrogens with zero attached hydrogens (tertiary/aromatic N) is 1. The molecule has 0 aromatic heterocycles. The lowest BCUT2D eigenvalue weighted by molar-refractivity contribution is 0.596. The maximum absolute atomic E-state index is 11.4. The molecular weight excluding hydrogens is 254 g/mol. The molecule has 3 nitrogen and oxygen atoms in total. The first-order chi connectivity index (χ1) is 7.07. The first-order valence-electron chi connectivity index (χ1n) is 4.26. The van der Waals surface area contributed by atoms with Gasteiger partial charge >= 0.3 is 0 Å². The van der Waals surface area contributed by atoms with Crippen LogP contribution in [0.15, 0.2) is 34.7 Å². The Morgan fingerprint density at radius 2 is 2.00 bits per heavy atom. The van der Waals surface area contributed by atoms with Crippen molar-refractivity contribution in [3.63, 3.8) is 0 Å². The minimum atomic E-state index is -3.39. The van der Waals surface area contributed by atoms with Gasteiger partial charge in [-0.3, -0.25) is 0 Å². The number of rotatable bonds is 1. The molecule has 1 atom stereocenters. The zero-order valence-corrected chi connectivity index (χ0v) is 10.0. The molecule has 1 aliphatic rings. The smallest absolute Gasteiger partial charge is 0.205 e. The SMILES string of the molecule is O=S1(=O)CC(c2ccccc2)SC(Cl)=N1. The van der Waals surface area contributed by atoms with E-state index in [1.54, 1.807) is 0 Å². The fourth-order valence-electron chi connectivity index (χ4n) is 1.34. The van der Waals surface area contributed by atoms with Gasteiger partial charge in [0.1, 0.15) is 0 Å². The molecule has 15 heavy (non-hydrogen) atoms. The second-order valence-corrected chi connectivity index (χ2v) is 6.56. The molecule has 0 bridgehead atoms. The van der Waals surface area contributed by atoms with Gasteiger partial charge in [-0.15, -0.1) is 4.40 Å². The first kappa shape index (κ1) is 11.0. The lowest BCUT2D eigenvalue weighted by Crippen LogP contribution is -2.16. The second kappa shape index (κ2) is 4.15. The Morgan fingerprint density at radius 1 is 1.33 bits per heavy atom. The van der Waals surface area contributed by atoms with Crippen LogP contribution in [0, 0.1) is 0 Å². The van der Waals surface area contributed by atoms with Crippen molar-refractivity contribution in [3.8, 4) is 0 Å². The van der Waals surface area contributed by atoms with Crippen molar-refractivity contribution in [2.24, 2.45) is 4.40 Å². The van der Waals surface area contributed by atoms with E-state index in [2.05, 4.69) is 4.40 Å². The van der Waals surface area contributed by atoms with E-state index in [1.807, 2.05) is 30.3 Å². The van der Waals surface area contributed by atoms with E-state index in [9.17, 15) is 8.42 Å². The van der Waals surface area contributed by atoms with Gasteiger partial charge in [-0.2, -0.15) is 0 Å². The van der Waals surface area contributed by atoms with Crippen LogP contribution < -0.4 is 0 Å². The maximum Gasteiger partial charge on any atom is 0.256 e. The largest absolute Gasteiger partial charge is 0.256 e. The third-order valence-corrected chi connectivity index (χ3v) is 4.99. The van der Waals surface area contributed by atoms with Crippen molar-refractivity contribution >= 4 is 37.9 Å². The van der Waals surface area contributed by atoms with E-state index in [-0.39, 0.29) is 15.5 Å². The zero-order chi connectivity index (χ0) is 10.9. The molecule has 1 heterocycles. The van der Waals surface area contributed by atoms with Crippen LogP contribution in [-0.4, -0.2) is 18.7 Å². The Morgan fingerprint density at radius 3 is 2.60 bits per heavy atom. The van der Waals surface area contributed by atoms with E-state index in [4.69, 9.17) is 11.6 Å². The van der Waals surface area contributed by atoms with Crippen molar-refractivity contribution in [2.45, 2.75) is 5.25 Å². The second-order valence-electron chi connectivity index (χ2n) is 3.11. The highest BCUT2D eigenvalue weighted by Gasteiger charge is 2.27. The fourth-order valence-corrected chi connectivity index (χ4v) is 4.68. The average Bonchev–Trinajstić information content (AvgIpc) is 2.16. The zero-order valence-electron chi connectivity index (χ0n) is 7.63. The van der Waals surface area contributed by atoms with Crippen LogP contribution >= 0.6 is 23.4 Å². The third kappa shape index (κ3) is 2.74. The van der Waals surface area contributed by atoms with Crippen LogP contribution in [-0.2, 0) is 10.0 Å². The summed E-state index contributed by atoms with van der Waals surface area (Å²) >= 11 is 6.96. The van der Waals surface area contributed by atoms with Gasteiger partial charge in [0.2, 0.25) is 0 Å². The molecule has 6 heteroatoms. The Kier molecular flexibility index (Phi) is 3.04. The predicted octanol–water partition coefficient (Wildman–Crippen LogP) is 2.40. The summed E-state index contributed by atoms with van der Waals surface area (Å²) < 4.78 is 26.2.